The number of benzene rings is 2. The van der Waals surface area contributed by atoms with Crippen LogP contribution in [0.25, 0.3) is 10.9 Å². The number of nitrogens with zero attached hydrogens (tertiary/aromatic N) is 3. The molecule has 1 aromatic heterocycles. The van der Waals surface area contributed by atoms with Crippen LogP contribution < -0.4 is 15.4 Å². The van der Waals surface area contributed by atoms with Gasteiger partial charge in [-0.2, -0.15) is 5.26 Å². The Labute approximate surface area is 205 Å². The summed E-state index contributed by atoms with van der Waals surface area (Å²) in [6.45, 7) is 6.68. The van der Waals surface area contributed by atoms with Gasteiger partial charge in [0.25, 0.3) is 0 Å². The van der Waals surface area contributed by atoms with Gasteiger partial charge in [-0.3, -0.25) is 9.78 Å². The molecule has 1 amide bonds. The van der Waals surface area contributed by atoms with Gasteiger partial charge in [0.2, 0.25) is 5.91 Å². The van der Waals surface area contributed by atoms with Crippen molar-refractivity contribution in [1.82, 2.24) is 9.88 Å². The lowest BCUT2D eigenvalue weighted by atomic mass is 10.0. The van der Waals surface area contributed by atoms with Crippen LogP contribution in [0.15, 0.2) is 42.5 Å². The minimum atomic E-state index is -0.283. The van der Waals surface area contributed by atoms with Gasteiger partial charge in [-0.25, -0.2) is 0 Å². The fourth-order valence-corrected chi connectivity index (χ4v) is 3.64. The first kappa shape index (κ1) is 25.5. The first-order chi connectivity index (χ1) is 16.8. The highest BCUT2D eigenvalue weighted by Crippen LogP contribution is 2.38. The van der Waals surface area contributed by atoms with Crippen LogP contribution in [0.2, 0.25) is 0 Å². The average molecular weight is 474 g/mol. The van der Waals surface area contributed by atoms with E-state index in [2.05, 4.69) is 16.7 Å². The van der Waals surface area contributed by atoms with Crippen LogP contribution in [0.1, 0.15) is 30.7 Å². The van der Waals surface area contributed by atoms with Crippen LogP contribution >= 0.6 is 0 Å². The van der Waals surface area contributed by atoms with Crippen molar-refractivity contribution >= 4 is 33.9 Å². The first-order valence-electron chi connectivity index (χ1n) is 11.5. The summed E-state index contributed by atoms with van der Waals surface area (Å²) < 4.78 is 5.81. The lowest BCUT2D eigenvalue weighted by Gasteiger charge is -2.18. The molecular formula is C27H31N5O3. The van der Waals surface area contributed by atoms with Crippen LogP contribution in [0.4, 0.5) is 17.1 Å². The van der Waals surface area contributed by atoms with Crippen molar-refractivity contribution in [3.63, 3.8) is 0 Å². The van der Waals surface area contributed by atoms with Crippen LogP contribution in [0.5, 0.6) is 11.5 Å². The molecule has 8 nitrogen and oxygen atoms in total. The minimum absolute atomic E-state index is 0.193. The van der Waals surface area contributed by atoms with Crippen molar-refractivity contribution in [3.8, 4) is 17.6 Å². The average Bonchev–Trinajstić information content (AvgIpc) is 2.81. The molecular weight excluding hydrogens is 442 g/mol. The Morgan fingerprint density at radius 1 is 1.26 bits per heavy atom. The van der Waals surface area contributed by atoms with E-state index < -0.39 is 0 Å². The molecule has 3 rings (SSSR count). The summed E-state index contributed by atoms with van der Waals surface area (Å²) in [6.07, 6.45) is 3.83. The SMILES string of the molecule is CCOc1cc2nc(CC)c(C#N)c(Nc3ccc(O)c(C)c3)c2cc1NC(=O)/C=C/CN(C)C. The molecule has 0 radical (unpaired) electrons. The summed E-state index contributed by atoms with van der Waals surface area (Å²) in [4.78, 5) is 19.2. The molecule has 0 aliphatic heterocycles. The number of likely N-dealkylation sites (N-methyl/N-ethyl adjacent to an activating group) is 1. The van der Waals surface area contributed by atoms with Crippen molar-refractivity contribution in [3.05, 3.63) is 59.3 Å². The summed E-state index contributed by atoms with van der Waals surface area (Å²) in [5.74, 6) is 0.410. The molecule has 0 saturated heterocycles. The number of hydrogen-bond donors (Lipinski definition) is 3. The molecule has 1 heterocycles. The van der Waals surface area contributed by atoms with Crippen molar-refractivity contribution in [2.45, 2.75) is 27.2 Å². The van der Waals surface area contributed by atoms with E-state index in [1.165, 1.54) is 6.08 Å². The van der Waals surface area contributed by atoms with Crippen molar-refractivity contribution < 1.29 is 14.6 Å². The highest BCUT2D eigenvalue weighted by atomic mass is 16.5. The maximum atomic E-state index is 12.6. The van der Waals surface area contributed by atoms with E-state index in [4.69, 9.17) is 9.72 Å². The summed E-state index contributed by atoms with van der Waals surface area (Å²) in [5.41, 5.74) is 4.22. The number of rotatable bonds is 9. The molecule has 35 heavy (non-hydrogen) atoms. The van der Waals surface area contributed by atoms with E-state index in [1.807, 2.05) is 32.8 Å². The van der Waals surface area contributed by atoms with Crippen LogP contribution in [-0.4, -0.2) is 48.1 Å². The van der Waals surface area contributed by atoms with Gasteiger partial charge in [0.05, 0.1) is 34.8 Å². The number of hydrogen-bond acceptors (Lipinski definition) is 7. The molecule has 0 bridgehead atoms. The number of aromatic nitrogens is 1. The minimum Gasteiger partial charge on any atom is -0.508 e. The molecule has 0 spiro atoms. The zero-order valence-corrected chi connectivity index (χ0v) is 20.8. The summed E-state index contributed by atoms with van der Waals surface area (Å²) in [7, 11) is 3.85. The molecule has 0 unspecified atom stereocenters. The molecule has 0 aliphatic carbocycles. The number of nitriles is 1. The number of phenolic OH excluding ortho intramolecular Hbond substituents is 1. The van der Waals surface area contributed by atoms with E-state index in [1.54, 1.807) is 43.3 Å². The quantitative estimate of drug-likeness (QED) is 0.300. The Morgan fingerprint density at radius 3 is 2.66 bits per heavy atom. The number of phenols is 1. The van der Waals surface area contributed by atoms with Gasteiger partial charge < -0.3 is 25.4 Å². The highest BCUT2D eigenvalue weighted by molar-refractivity contribution is 6.05. The number of pyridine rings is 1. The third-order valence-electron chi connectivity index (χ3n) is 5.37. The monoisotopic (exact) mass is 473 g/mol. The number of carbonyl (C=O) groups excluding carboxylic acids is 1. The van der Waals surface area contributed by atoms with Gasteiger partial charge >= 0.3 is 0 Å². The fraction of sp³-hybridized carbons (Fsp3) is 0.296. The van der Waals surface area contributed by atoms with Crippen molar-refractivity contribution in [2.75, 3.05) is 37.9 Å². The number of aromatic hydroxyl groups is 1. The third kappa shape index (κ3) is 6.08. The van der Waals surface area contributed by atoms with Gasteiger partial charge in [-0.1, -0.05) is 13.0 Å². The molecule has 182 valence electrons. The van der Waals surface area contributed by atoms with Gasteiger partial charge in [-0.15, -0.1) is 0 Å². The highest BCUT2D eigenvalue weighted by Gasteiger charge is 2.18. The molecule has 0 atom stereocenters. The lowest BCUT2D eigenvalue weighted by molar-refractivity contribution is -0.111. The van der Waals surface area contributed by atoms with Crippen LogP contribution in [-0.2, 0) is 11.2 Å². The van der Waals surface area contributed by atoms with Crippen LogP contribution in [0.3, 0.4) is 0 Å². The molecule has 3 N–H and O–H groups in total. The van der Waals surface area contributed by atoms with Crippen LogP contribution in [0, 0.1) is 18.3 Å². The predicted molar refractivity (Wildman–Crippen MR) is 139 cm³/mol. The topological polar surface area (TPSA) is 111 Å². The second kappa shape index (κ2) is 11.4. The van der Waals surface area contributed by atoms with Crippen molar-refractivity contribution in [1.29, 1.82) is 5.26 Å². The largest absolute Gasteiger partial charge is 0.508 e. The van der Waals surface area contributed by atoms with E-state index in [-0.39, 0.29) is 11.7 Å². The normalized spacial score (nSPS) is 11.1. The molecule has 8 heteroatoms. The Balaban J connectivity index is 2.16. The number of ether oxygens (including phenoxy) is 1. The van der Waals surface area contributed by atoms with Crippen molar-refractivity contribution in [2.24, 2.45) is 0 Å². The first-order valence-corrected chi connectivity index (χ1v) is 11.5. The number of aryl methyl sites for hydroxylation is 2. The fourth-order valence-electron chi connectivity index (χ4n) is 3.64. The molecule has 0 fully saturated rings. The third-order valence-corrected chi connectivity index (χ3v) is 5.37. The molecule has 3 aromatic rings. The second-order valence-electron chi connectivity index (χ2n) is 8.35. The number of amides is 1. The zero-order chi connectivity index (χ0) is 25.5. The number of fused-ring (bicyclic) bond motifs is 1. The Morgan fingerprint density at radius 2 is 2.03 bits per heavy atom. The predicted octanol–water partition coefficient (Wildman–Crippen LogP) is 4.88. The maximum absolute atomic E-state index is 12.6. The smallest absolute Gasteiger partial charge is 0.248 e. The number of carbonyl (C=O) groups is 1. The molecule has 0 saturated carbocycles. The van der Waals surface area contributed by atoms with Gasteiger partial charge in [-0.05, 0) is 64.2 Å². The Hall–Kier alpha value is -4.09. The zero-order valence-electron chi connectivity index (χ0n) is 20.8. The standard InChI is InChI=1S/C27H31N5O3/c1-6-21-20(16-28)27(29-18-10-11-24(33)17(3)13-18)19-14-23(25(35-7-2)15-22(19)30-21)31-26(34)9-8-12-32(4)5/h8-11,13-15,33H,6-7,12H2,1-5H3,(H,29,30)(H,31,34)/b9-8+. The summed E-state index contributed by atoms with van der Waals surface area (Å²) >= 11 is 0. The van der Waals surface area contributed by atoms with E-state index >= 15 is 0 Å². The summed E-state index contributed by atoms with van der Waals surface area (Å²) in [6, 6.07) is 11.0. The van der Waals surface area contributed by atoms with Gasteiger partial charge in [0.1, 0.15) is 17.6 Å². The lowest BCUT2D eigenvalue weighted by Crippen LogP contribution is -2.13. The summed E-state index contributed by atoms with van der Waals surface area (Å²) in [5, 5.41) is 26.8. The second-order valence-corrected chi connectivity index (χ2v) is 8.35. The van der Waals surface area contributed by atoms with E-state index in [0.29, 0.717) is 64.4 Å². The molecule has 0 aliphatic rings. The van der Waals surface area contributed by atoms with Gasteiger partial charge in [0, 0.05) is 29.8 Å². The Bertz CT molecular complexity index is 1310. The Kier molecular flexibility index (Phi) is 8.29. The van der Waals surface area contributed by atoms with E-state index in [9.17, 15) is 15.2 Å². The molecule has 2 aromatic carbocycles. The maximum Gasteiger partial charge on any atom is 0.248 e. The van der Waals surface area contributed by atoms with E-state index in [0.717, 1.165) is 5.69 Å². The number of anilines is 3. The number of nitrogens with one attached hydrogen (secondary N) is 2. The van der Waals surface area contributed by atoms with Gasteiger partial charge in [0.15, 0.2) is 0 Å².